The van der Waals surface area contributed by atoms with Gasteiger partial charge in [-0.1, -0.05) is 15.9 Å². The molecule has 2 aliphatic rings. The average Bonchev–Trinajstić information content (AvgIpc) is 2.85. The molecule has 0 spiro atoms. The van der Waals surface area contributed by atoms with Gasteiger partial charge < -0.3 is 4.90 Å². The molecule has 2 aliphatic heterocycles. The third kappa shape index (κ3) is 2.36. The van der Waals surface area contributed by atoms with Crippen molar-refractivity contribution in [1.29, 1.82) is 0 Å². The van der Waals surface area contributed by atoms with Gasteiger partial charge in [0.2, 0.25) is 5.91 Å². The normalized spacial score (nSPS) is 36.1. The lowest BCUT2D eigenvalue weighted by Crippen LogP contribution is -2.40. The molecule has 3 atom stereocenters. The highest BCUT2D eigenvalue weighted by Gasteiger charge is 2.36. The number of likely N-dealkylation sites (tertiary alicyclic amines) is 1. The lowest BCUT2D eigenvalue weighted by molar-refractivity contribution is -0.135. The molecule has 3 unspecified atom stereocenters. The summed E-state index contributed by atoms with van der Waals surface area (Å²) in [4.78, 5) is 14.3. The first kappa shape index (κ1) is 11.8. The van der Waals surface area contributed by atoms with Crippen LogP contribution in [0.3, 0.4) is 0 Å². The Hall–Kier alpha value is 0.300. The first-order valence-electron chi connectivity index (χ1n) is 5.68. The van der Waals surface area contributed by atoms with Gasteiger partial charge in [0.1, 0.15) is 0 Å². The maximum absolute atomic E-state index is 12.2. The van der Waals surface area contributed by atoms with Gasteiger partial charge in [0.05, 0.1) is 0 Å². The van der Waals surface area contributed by atoms with Gasteiger partial charge in [-0.25, -0.2) is 0 Å². The summed E-state index contributed by atoms with van der Waals surface area (Å²) in [6.45, 7) is 3.16. The molecule has 1 amide bonds. The number of hydrogen-bond donors (Lipinski definition) is 0. The van der Waals surface area contributed by atoms with Crippen LogP contribution in [-0.4, -0.2) is 40.2 Å². The molecule has 0 aromatic rings. The summed E-state index contributed by atoms with van der Waals surface area (Å²) < 4.78 is 0. The van der Waals surface area contributed by atoms with Gasteiger partial charge in [-0.2, -0.15) is 11.8 Å². The number of hydrogen-bond acceptors (Lipinski definition) is 2. The van der Waals surface area contributed by atoms with Crippen molar-refractivity contribution in [1.82, 2.24) is 4.90 Å². The second kappa shape index (κ2) is 5.09. The predicted octanol–water partition coefficient (Wildman–Crippen LogP) is 2.37. The van der Waals surface area contributed by atoms with E-state index in [4.69, 9.17) is 0 Å². The van der Waals surface area contributed by atoms with Crippen molar-refractivity contribution in [3.8, 4) is 0 Å². The Bertz CT molecular complexity index is 243. The number of carbonyl (C=O) groups excluding carboxylic acids is 1. The molecule has 2 heterocycles. The Morgan fingerprint density at radius 3 is 2.87 bits per heavy atom. The monoisotopic (exact) mass is 291 g/mol. The second-order valence-electron chi connectivity index (χ2n) is 4.54. The van der Waals surface area contributed by atoms with Gasteiger partial charge in [0, 0.05) is 29.6 Å². The van der Waals surface area contributed by atoms with Gasteiger partial charge in [-0.05, 0) is 31.4 Å². The van der Waals surface area contributed by atoms with E-state index in [-0.39, 0.29) is 0 Å². The summed E-state index contributed by atoms with van der Waals surface area (Å²) in [5.74, 6) is 3.59. The third-order valence-electron chi connectivity index (χ3n) is 3.67. The Morgan fingerprint density at radius 1 is 1.53 bits per heavy atom. The highest BCUT2D eigenvalue weighted by molar-refractivity contribution is 9.09. The molecular weight excluding hydrogens is 274 g/mol. The molecule has 0 aromatic heterocycles. The number of rotatable bonds is 2. The number of nitrogens with zero attached hydrogens (tertiary/aromatic N) is 1. The molecule has 15 heavy (non-hydrogen) atoms. The minimum absolute atomic E-state index is 0.312. The first-order chi connectivity index (χ1) is 7.24. The van der Waals surface area contributed by atoms with Crippen LogP contribution in [0.2, 0.25) is 0 Å². The number of thioether (sulfide) groups is 1. The van der Waals surface area contributed by atoms with Crippen molar-refractivity contribution >= 4 is 33.6 Å². The zero-order chi connectivity index (χ0) is 10.8. The number of carbonyl (C=O) groups is 1. The van der Waals surface area contributed by atoms with E-state index in [1.165, 1.54) is 5.75 Å². The van der Waals surface area contributed by atoms with E-state index in [1.807, 2.05) is 11.8 Å². The van der Waals surface area contributed by atoms with Crippen LogP contribution in [0, 0.1) is 11.8 Å². The molecule has 0 saturated carbocycles. The van der Waals surface area contributed by atoms with Crippen LogP contribution in [0.4, 0.5) is 0 Å². The van der Waals surface area contributed by atoms with E-state index in [9.17, 15) is 4.79 Å². The van der Waals surface area contributed by atoms with Crippen LogP contribution in [-0.2, 0) is 4.79 Å². The molecule has 86 valence electrons. The number of amides is 1. The van der Waals surface area contributed by atoms with Crippen LogP contribution in [0.5, 0.6) is 0 Å². The van der Waals surface area contributed by atoms with Crippen LogP contribution in [0.25, 0.3) is 0 Å². The third-order valence-corrected chi connectivity index (χ3v) is 5.67. The highest BCUT2D eigenvalue weighted by atomic mass is 79.9. The summed E-state index contributed by atoms with van der Waals surface area (Å²) in [6, 6.07) is 0.433. The van der Waals surface area contributed by atoms with Crippen LogP contribution < -0.4 is 0 Å². The molecular formula is C11H18BrNOS. The predicted molar refractivity (Wildman–Crippen MR) is 68.5 cm³/mol. The van der Waals surface area contributed by atoms with Crippen molar-refractivity contribution in [3.63, 3.8) is 0 Å². The van der Waals surface area contributed by atoms with E-state index < -0.39 is 0 Å². The summed E-state index contributed by atoms with van der Waals surface area (Å²) in [5, 5.41) is 1.03. The quantitative estimate of drug-likeness (QED) is 0.728. The molecule has 0 radical (unpaired) electrons. The fourth-order valence-corrected chi connectivity index (χ4v) is 4.56. The van der Waals surface area contributed by atoms with Crippen molar-refractivity contribution in [2.24, 2.45) is 11.8 Å². The second-order valence-corrected chi connectivity index (χ2v) is 6.33. The van der Waals surface area contributed by atoms with Gasteiger partial charge in [0.15, 0.2) is 0 Å². The van der Waals surface area contributed by atoms with Crippen molar-refractivity contribution < 1.29 is 4.79 Å². The minimum Gasteiger partial charge on any atom is -0.339 e. The zero-order valence-electron chi connectivity index (χ0n) is 9.12. The maximum atomic E-state index is 12.2. The van der Waals surface area contributed by atoms with Crippen molar-refractivity contribution in [2.45, 2.75) is 25.8 Å². The molecule has 0 aromatic carbocycles. The first-order valence-corrected chi connectivity index (χ1v) is 7.96. The average molecular weight is 292 g/mol. The Morgan fingerprint density at radius 2 is 2.33 bits per heavy atom. The molecule has 2 fully saturated rings. The smallest absolute Gasteiger partial charge is 0.226 e. The minimum atomic E-state index is 0.312. The van der Waals surface area contributed by atoms with Crippen molar-refractivity contribution in [2.75, 3.05) is 23.4 Å². The van der Waals surface area contributed by atoms with E-state index >= 15 is 0 Å². The molecule has 0 N–H and O–H groups in total. The molecule has 2 nitrogen and oxygen atoms in total. The van der Waals surface area contributed by atoms with Gasteiger partial charge in [-0.15, -0.1) is 0 Å². The fourth-order valence-electron chi connectivity index (χ4n) is 2.48. The summed E-state index contributed by atoms with van der Waals surface area (Å²) >= 11 is 5.45. The Balaban J connectivity index is 1.96. The largest absolute Gasteiger partial charge is 0.339 e. The summed E-state index contributed by atoms with van der Waals surface area (Å²) in [5.41, 5.74) is 0. The molecule has 0 aliphatic carbocycles. The van der Waals surface area contributed by atoms with E-state index in [2.05, 4.69) is 27.8 Å². The number of halogens is 1. The van der Waals surface area contributed by atoms with Crippen LogP contribution in [0.1, 0.15) is 19.8 Å². The van der Waals surface area contributed by atoms with Crippen molar-refractivity contribution in [3.05, 3.63) is 0 Å². The SMILES string of the molecule is CC1C(CBr)CCN1C(=O)C1CCSC1. The zero-order valence-corrected chi connectivity index (χ0v) is 11.5. The van der Waals surface area contributed by atoms with E-state index in [1.54, 1.807) is 0 Å². The van der Waals surface area contributed by atoms with Crippen LogP contribution >= 0.6 is 27.7 Å². The topological polar surface area (TPSA) is 20.3 Å². The summed E-state index contributed by atoms with van der Waals surface area (Å²) in [7, 11) is 0. The Kier molecular flexibility index (Phi) is 3.99. The molecule has 2 saturated heterocycles. The lowest BCUT2D eigenvalue weighted by Gasteiger charge is -2.26. The fraction of sp³-hybridized carbons (Fsp3) is 0.909. The van der Waals surface area contributed by atoms with Gasteiger partial charge >= 0.3 is 0 Å². The number of alkyl halides is 1. The maximum Gasteiger partial charge on any atom is 0.226 e. The summed E-state index contributed by atoms with van der Waals surface area (Å²) in [6.07, 6.45) is 2.25. The van der Waals surface area contributed by atoms with Gasteiger partial charge in [-0.3, -0.25) is 4.79 Å². The highest BCUT2D eigenvalue weighted by Crippen LogP contribution is 2.31. The van der Waals surface area contributed by atoms with E-state index in [0.717, 1.165) is 30.5 Å². The standard InChI is InChI=1S/C11H18BrNOS/c1-8-9(6-12)2-4-13(8)11(14)10-3-5-15-7-10/h8-10H,2-7H2,1H3. The van der Waals surface area contributed by atoms with Crippen LogP contribution in [0.15, 0.2) is 0 Å². The lowest BCUT2D eigenvalue weighted by atomic mass is 10.0. The molecule has 4 heteroatoms. The van der Waals surface area contributed by atoms with E-state index in [0.29, 0.717) is 23.8 Å². The Labute approximate surface area is 104 Å². The molecule has 2 rings (SSSR count). The molecule has 0 bridgehead atoms. The van der Waals surface area contributed by atoms with Gasteiger partial charge in [0.25, 0.3) is 0 Å².